The molecule has 0 saturated carbocycles. The molecule has 1 aliphatic heterocycles. The first-order valence-electron chi connectivity index (χ1n) is 7.45. The number of halogens is 3. The second-order valence-corrected chi connectivity index (χ2v) is 7.86. The lowest BCUT2D eigenvalue weighted by molar-refractivity contribution is -0.138. The smallest absolute Gasteiger partial charge is 0.306 e. The number of aryl methyl sites for hydroxylation is 1. The van der Waals surface area contributed by atoms with Gasteiger partial charge in [-0.3, -0.25) is 0 Å². The fraction of sp³-hybridized carbons (Fsp3) is 0.600. The number of nitrogens with one attached hydrogen (secondary N) is 1. The van der Waals surface area contributed by atoms with Crippen LogP contribution >= 0.6 is 0 Å². The number of rotatable bonds is 4. The number of alkyl halides is 3. The van der Waals surface area contributed by atoms with Gasteiger partial charge in [-0.15, -0.1) is 0 Å². The van der Waals surface area contributed by atoms with Crippen LogP contribution in [0.2, 0.25) is 0 Å². The zero-order valence-corrected chi connectivity index (χ0v) is 14.0. The Morgan fingerprint density at radius 1 is 1.35 bits per heavy atom. The fourth-order valence-electron chi connectivity index (χ4n) is 2.82. The minimum Gasteiger partial charge on any atom is -0.306 e. The molecule has 1 saturated heterocycles. The Morgan fingerprint density at radius 3 is 2.65 bits per heavy atom. The van der Waals surface area contributed by atoms with Gasteiger partial charge in [0.05, 0.1) is 10.5 Å². The number of sulfonamides is 1. The van der Waals surface area contributed by atoms with E-state index < -0.39 is 21.8 Å². The van der Waals surface area contributed by atoms with Crippen LogP contribution in [-0.2, 0) is 16.2 Å². The van der Waals surface area contributed by atoms with Crippen molar-refractivity contribution in [1.29, 1.82) is 0 Å². The maximum atomic E-state index is 12.9. The first-order valence-corrected chi connectivity index (χ1v) is 8.94. The summed E-state index contributed by atoms with van der Waals surface area (Å²) in [7, 11) is -1.98. The minimum atomic E-state index is -4.57. The number of hydrogen-bond acceptors (Lipinski definition) is 3. The predicted octanol–water partition coefficient (Wildman–Crippen LogP) is 2.63. The summed E-state index contributed by atoms with van der Waals surface area (Å²) in [4.78, 5) is 1.77. The summed E-state index contributed by atoms with van der Waals surface area (Å²) in [5.41, 5.74) is -0.914. The van der Waals surface area contributed by atoms with E-state index in [0.717, 1.165) is 25.9 Å². The normalized spacial score (nSPS) is 20.7. The molecule has 0 aliphatic carbocycles. The summed E-state index contributed by atoms with van der Waals surface area (Å²) in [6.45, 7) is 3.31. The molecule has 1 heterocycles. The maximum absolute atomic E-state index is 12.9. The van der Waals surface area contributed by atoms with Gasteiger partial charge in [0.15, 0.2) is 0 Å². The molecule has 1 aromatic rings. The van der Waals surface area contributed by atoms with Crippen molar-refractivity contribution in [2.24, 2.45) is 5.92 Å². The summed E-state index contributed by atoms with van der Waals surface area (Å²) in [5, 5.41) is 0. The molecular formula is C15H21F3N2O2S. The van der Waals surface area contributed by atoms with E-state index in [9.17, 15) is 21.6 Å². The number of nitrogens with zero attached hydrogens (tertiary/aromatic N) is 1. The third kappa shape index (κ3) is 4.68. The summed E-state index contributed by atoms with van der Waals surface area (Å²) in [5.74, 6) is 0.177. The zero-order valence-electron chi connectivity index (χ0n) is 13.2. The molecule has 8 heteroatoms. The molecule has 23 heavy (non-hydrogen) atoms. The van der Waals surface area contributed by atoms with Gasteiger partial charge in [-0.2, -0.15) is 13.2 Å². The van der Waals surface area contributed by atoms with Crippen LogP contribution in [0.3, 0.4) is 0 Å². The van der Waals surface area contributed by atoms with E-state index in [0.29, 0.717) is 6.07 Å². The quantitative estimate of drug-likeness (QED) is 0.908. The topological polar surface area (TPSA) is 49.4 Å². The lowest BCUT2D eigenvalue weighted by Gasteiger charge is -2.29. The second kappa shape index (κ2) is 6.78. The van der Waals surface area contributed by atoms with Gasteiger partial charge in [-0.05, 0) is 57.0 Å². The van der Waals surface area contributed by atoms with E-state index in [4.69, 9.17) is 0 Å². The van der Waals surface area contributed by atoms with Gasteiger partial charge >= 0.3 is 6.18 Å². The molecule has 1 aliphatic rings. The fourth-order valence-corrected chi connectivity index (χ4v) is 3.97. The van der Waals surface area contributed by atoms with E-state index >= 15 is 0 Å². The molecule has 1 fully saturated rings. The van der Waals surface area contributed by atoms with Crippen LogP contribution in [0.1, 0.15) is 24.0 Å². The average molecular weight is 350 g/mol. The van der Waals surface area contributed by atoms with Crippen molar-refractivity contribution in [2.45, 2.75) is 30.8 Å². The second-order valence-electron chi connectivity index (χ2n) is 6.10. The van der Waals surface area contributed by atoms with Crippen molar-refractivity contribution in [3.05, 3.63) is 29.3 Å². The van der Waals surface area contributed by atoms with Crippen molar-refractivity contribution < 1.29 is 21.6 Å². The van der Waals surface area contributed by atoms with Gasteiger partial charge in [0.1, 0.15) is 0 Å². The van der Waals surface area contributed by atoms with Gasteiger partial charge in [0.25, 0.3) is 0 Å². The Labute approximate surface area is 134 Å². The molecule has 0 spiro atoms. The van der Waals surface area contributed by atoms with Gasteiger partial charge in [-0.1, -0.05) is 6.07 Å². The van der Waals surface area contributed by atoms with E-state index in [1.807, 2.05) is 7.05 Å². The van der Waals surface area contributed by atoms with Crippen molar-refractivity contribution in [3.63, 3.8) is 0 Å². The monoisotopic (exact) mass is 350 g/mol. The lowest BCUT2D eigenvalue weighted by atomic mass is 9.99. The zero-order chi connectivity index (χ0) is 17.3. The van der Waals surface area contributed by atoms with Gasteiger partial charge in [-0.25, -0.2) is 13.1 Å². The molecule has 4 nitrogen and oxygen atoms in total. The first kappa shape index (κ1) is 18.2. The number of hydrogen-bond donors (Lipinski definition) is 1. The van der Waals surface area contributed by atoms with Crippen LogP contribution in [0.15, 0.2) is 23.1 Å². The lowest BCUT2D eigenvalue weighted by Crippen LogP contribution is -2.39. The minimum absolute atomic E-state index is 0.00496. The average Bonchev–Trinajstić information content (AvgIpc) is 2.44. The number of piperidine rings is 1. The third-order valence-electron chi connectivity index (χ3n) is 4.11. The first-order chi connectivity index (χ1) is 10.6. The molecule has 0 bridgehead atoms. The Morgan fingerprint density at radius 2 is 2.04 bits per heavy atom. The number of benzene rings is 1. The molecule has 2 rings (SSSR count). The van der Waals surface area contributed by atoms with E-state index in [2.05, 4.69) is 9.62 Å². The van der Waals surface area contributed by atoms with Crippen molar-refractivity contribution >= 4 is 10.0 Å². The third-order valence-corrected chi connectivity index (χ3v) is 5.53. The molecule has 1 atom stereocenters. The largest absolute Gasteiger partial charge is 0.416 e. The van der Waals surface area contributed by atoms with Crippen molar-refractivity contribution in [2.75, 3.05) is 26.7 Å². The molecular weight excluding hydrogens is 329 g/mol. The summed E-state index contributed by atoms with van der Waals surface area (Å²) < 4.78 is 65.7. The van der Waals surface area contributed by atoms with Crippen LogP contribution < -0.4 is 4.72 Å². The molecule has 1 N–H and O–H groups in total. The highest BCUT2D eigenvalue weighted by molar-refractivity contribution is 7.89. The van der Waals surface area contributed by atoms with Crippen molar-refractivity contribution in [1.82, 2.24) is 9.62 Å². The molecule has 0 amide bonds. The Bertz CT molecular complexity index is 659. The molecule has 0 radical (unpaired) electrons. The van der Waals surface area contributed by atoms with Crippen LogP contribution in [0.4, 0.5) is 13.2 Å². The Kier molecular flexibility index (Phi) is 5.37. The van der Waals surface area contributed by atoms with Crippen LogP contribution in [-0.4, -0.2) is 40.0 Å². The van der Waals surface area contributed by atoms with E-state index in [1.54, 1.807) is 0 Å². The standard InChI is InChI=1S/C15H21F3N2O2S/c1-11-5-6-13(8-14(11)15(16,17)18)23(21,22)19-9-12-4-3-7-20(2)10-12/h5-6,8,12,19H,3-4,7,9-10H2,1-2H3. The molecule has 1 unspecified atom stereocenters. The van der Waals surface area contributed by atoms with Gasteiger partial charge in [0.2, 0.25) is 10.0 Å². The molecule has 0 aromatic heterocycles. The van der Waals surface area contributed by atoms with Crippen LogP contribution in [0, 0.1) is 12.8 Å². The maximum Gasteiger partial charge on any atom is 0.416 e. The van der Waals surface area contributed by atoms with Crippen LogP contribution in [0.25, 0.3) is 0 Å². The van der Waals surface area contributed by atoms with E-state index in [-0.39, 0.29) is 22.9 Å². The van der Waals surface area contributed by atoms with Crippen LogP contribution in [0.5, 0.6) is 0 Å². The predicted molar refractivity (Wildman–Crippen MR) is 81.6 cm³/mol. The highest BCUT2D eigenvalue weighted by atomic mass is 32.2. The SMILES string of the molecule is Cc1ccc(S(=O)(=O)NCC2CCCN(C)C2)cc1C(F)(F)F. The highest BCUT2D eigenvalue weighted by Gasteiger charge is 2.33. The van der Waals surface area contributed by atoms with E-state index in [1.165, 1.54) is 19.1 Å². The van der Waals surface area contributed by atoms with Gasteiger partial charge in [0, 0.05) is 13.1 Å². The summed E-state index contributed by atoms with van der Waals surface area (Å²) >= 11 is 0. The Hall–Kier alpha value is -1.12. The highest BCUT2D eigenvalue weighted by Crippen LogP contribution is 2.33. The Balaban J connectivity index is 2.13. The molecule has 130 valence electrons. The molecule has 1 aromatic carbocycles. The summed E-state index contributed by atoms with van der Waals surface area (Å²) in [6, 6.07) is 3.09. The number of likely N-dealkylation sites (tertiary alicyclic amines) is 1. The van der Waals surface area contributed by atoms with Crippen molar-refractivity contribution in [3.8, 4) is 0 Å². The summed E-state index contributed by atoms with van der Waals surface area (Å²) in [6.07, 6.45) is -2.66. The van der Waals surface area contributed by atoms with Gasteiger partial charge < -0.3 is 4.90 Å².